The quantitative estimate of drug-likeness (QED) is 0.474. The zero-order valence-corrected chi connectivity index (χ0v) is 14.5. The fraction of sp³-hybridized carbons (Fsp3) is 0.450. The van der Waals surface area contributed by atoms with Crippen LogP contribution in [0.5, 0.6) is 5.75 Å². The summed E-state index contributed by atoms with van der Waals surface area (Å²) >= 11 is 0. The van der Waals surface area contributed by atoms with Gasteiger partial charge >= 0.3 is 0 Å². The normalized spacial score (nSPS) is 9.87. The van der Waals surface area contributed by atoms with Gasteiger partial charge in [-0.25, -0.2) is 0 Å². The van der Waals surface area contributed by atoms with Crippen molar-refractivity contribution in [2.45, 2.75) is 46.5 Å². The number of hydrogen-bond donors (Lipinski definition) is 0. The largest absolute Gasteiger partial charge is 0.494 e. The summed E-state index contributed by atoms with van der Waals surface area (Å²) in [7, 11) is 0. The van der Waals surface area contributed by atoms with E-state index >= 15 is 0 Å². The van der Waals surface area contributed by atoms with Crippen molar-refractivity contribution in [1.29, 1.82) is 0 Å². The molecule has 2 aromatic rings. The third kappa shape index (κ3) is 6.72. The van der Waals surface area contributed by atoms with Crippen molar-refractivity contribution in [3.63, 3.8) is 0 Å². The zero-order valence-electron chi connectivity index (χ0n) is 14.5. The van der Waals surface area contributed by atoms with E-state index in [1.54, 1.807) is 0 Å². The highest BCUT2D eigenvalue weighted by Gasteiger charge is 2.00. The lowest BCUT2D eigenvalue weighted by atomic mass is 10.0. The van der Waals surface area contributed by atoms with E-state index in [0.29, 0.717) is 13.1 Å². The maximum absolute atomic E-state index is 10.1. The van der Waals surface area contributed by atoms with Crippen molar-refractivity contribution in [2.24, 2.45) is 0 Å². The average Bonchev–Trinajstić information content (AvgIpc) is 2.61. The molecule has 0 aliphatic carbocycles. The van der Waals surface area contributed by atoms with Crippen LogP contribution in [0.4, 0.5) is 0 Å². The molecule has 2 rings (SSSR count). The van der Waals surface area contributed by atoms with E-state index in [0.717, 1.165) is 38.0 Å². The summed E-state index contributed by atoms with van der Waals surface area (Å²) in [6, 6.07) is 12.6. The first kappa shape index (κ1) is 19.0. The molecule has 3 nitrogen and oxygen atoms in total. The smallest absolute Gasteiger partial charge is 0.293 e. The van der Waals surface area contributed by atoms with Crippen molar-refractivity contribution < 1.29 is 14.3 Å². The third-order valence-corrected chi connectivity index (χ3v) is 3.44. The minimum Gasteiger partial charge on any atom is -0.494 e. The predicted octanol–water partition coefficient (Wildman–Crippen LogP) is 5.15. The number of hydrogen-bond acceptors (Lipinski definition) is 3. The van der Waals surface area contributed by atoms with E-state index < -0.39 is 0 Å². The monoisotopic (exact) mass is 316 g/mol. The standard InChI is InChI=1S/C18H22O3.C2H6/c1-2-3-11-21-18-9-8-16-12-15(5-4-10-20-14-19)6-7-17(16)13-18;1-2/h6-9,12-14H,2-5,10-11H2,1H3;1-2H3. The lowest BCUT2D eigenvalue weighted by Crippen LogP contribution is -1.96. The van der Waals surface area contributed by atoms with E-state index in [9.17, 15) is 4.79 Å². The maximum atomic E-state index is 10.1. The number of carbonyl (C=O) groups is 1. The van der Waals surface area contributed by atoms with Gasteiger partial charge in [0.2, 0.25) is 0 Å². The second-order valence-corrected chi connectivity index (χ2v) is 5.12. The van der Waals surface area contributed by atoms with Gasteiger partial charge in [-0.1, -0.05) is 51.5 Å². The van der Waals surface area contributed by atoms with Gasteiger partial charge in [0, 0.05) is 0 Å². The van der Waals surface area contributed by atoms with Crippen LogP contribution in [0.25, 0.3) is 10.8 Å². The molecule has 0 bridgehead atoms. The van der Waals surface area contributed by atoms with E-state index in [4.69, 9.17) is 9.47 Å². The Balaban J connectivity index is 0.00000127. The van der Waals surface area contributed by atoms with Gasteiger partial charge in [0.15, 0.2) is 0 Å². The number of unbranched alkanes of at least 4 members (excludes halogenated alkanes) is 1. The number of aryl methyl sites for hydroxylation is 1. The Morgan fingerprint density at radius 3 is 2.43 bits per heavy atom. The molecule has 0 fully saturated rings. The Kier molecular flexibility index (Phi) is 9.53. The molecule has 23 heavy (non-hydrogen) atoms. The average molecular weight is 316 g/mol. The summed E-state index contributed by atoms with van der Waals surface area (Å²) in [6.45, 7) is 7.91. The topological polar surface area (TPSA) is 35.5 Å². The lowest BCUT2D eigenvalue weighted by Gasteiger charge is -2.08. The molecule has 0 atom stereocenters. The van der Waals surface area contributed by atoms with Crippen LogP contribution in [0.3, 0.4) is 0 Å². The van der Waals surface area contributed by atoms with Gasteiger partial charge in [-0.3, -0.25) is 4.79 Å². The highest BCUT2D eigenvalue weighted by atomic mass is 16.5. The van der Waals surface area contributed by atoms with Crippen LogP contribution >= 0.6 is 0 Å². The van der Waals surface area contributed by atoms with Gasteiger partial charge in [0.1, 0.15) is 5.75 Å². The van der Waals surface area contributed by atoms with E-state index in [1.807, 2.05) is 19.9 Å². The highest BCUT2D eigenvalue weighted by molar-refractivity contribution is 5.84. The number of benzene rings is 2. The van der Waals surface area contributed by atoms with Crippen LogP contribution in [0.1, 0.15) is 45.6 Å². The van der Waals surface area contributed by atoms with E-state index in [2.05, 4.69) is 37.3 Å². The van der Waals surface area contributed by atoms with Gasteiger partial charge in [-0.05, 0) is 47.7 Å². The van der Waals surface area contributed by atoms with Crippen LogP contribution in [0, 0.1) is 0 Å². The molecule has 0 amide bonds. The molecular weight excluding hydrogens is 288 g/mol. The summed E-state index contributed by atoms with van der Waals surface area (Å²) in [5.74, 6) is 0.933. The molecule has 0 saturated heterocycles. The van der Waals surface area contributed by atoms with Crippen molar-refractivity contribution >= 4 is 17.2 Å². The van der Waals surface area contributed by atoms with Gasteiger partial charge in [-0.2, -0.15) is 0 Å². The Morgan fingerprint density at radius 1 is 0.957 bits per heavy atom. The van der Waals surface area contributed by atoms with Gasteiger partial charge < -0.3 is 9.47 Å². The zero-order chi connectivity index (χ0) is 16.9. The molecule has 0 unspecified atom stereocenters. The van der Waals surface area contributed by atoms with E-state index in [-0.39, 0.29) is 0 Å². The first-order chi connectivity index (χ1) is 11.3. The Morgan fingerprint density at radius 2 is 1.70 bits per heavy atom. The van der Waals surface area contributed by atoms with Gasteiger partial charge in [0.05, 0.1) is 13.2 Å². The maximum Gasteiger partial charge on any atom is 0.293 e. The SMILES string of the molecule is CC.CCCCOc1ccc2cc(CCCOC=O)ccc2c1. The second-order valence-electron chi connectivity index (χ2n) is 5.12. The third-order valence-electron chi connectivity index (χ3n) is 3.44. The van der Waals surface area contributed by atoms with Crippen molar-refractivity contribution in [3.8, 4) is 5.75 Å². The molecule has 0 aliphatic rings. The lowest BCUT2D eigenvalue weighted by molar-refractivity contribution is -0.128. The summed E-state index contributed by atoms with van der Waals surface area (Å²) in [4.78, 5) is 10.1. The van der Waals surface area contributed by atoms with Crippen LogP contribution in [0.15, 0.2) is 36.4 Å². The number of rotatable bonds is 9. The molecule has 0 heterocycles. The summed E-state index contributed by atoms with van der Waals surface area (Å²) < 4.78 is 10.4. The van der Waals surface area contributed by atoms with Gasteiger partial charge in [-0.15, -0.1) is 0 Å². The highest BCUT2D eigenvalue weighted by Crippen LogP contribution is 2.22. The Bertz CT molecular complexity index is 578. The molecule has 3 heteroatoms. The molecule has 0 N–H and O–H groups in total. The first-order valence-corrected chi connectivity index (χ1v) is 8.54. The fourth-order valence-electron chi connectivity index (χ4n) is 2.26. The molecular formula is C20H28O3. The van der Waals surface area contributed by atoms with Crippen LogP contribution in [-0.4, -0.2) is 19.7 Å². The van der Waals surface area contributed by atoms with Crippen LogP contribution in [-0.2, 0) is 16.0 Å². The molecule has 0 aliphatic heterocycles. The second kappa shape index (κ2) is 11.5. The van der Waals surface area contributed by atoms with Gasteiger partial charge in [0.25, 0.3) is 6.47 Å². The van der Waals surface area contributed by atoms with Crippen LogP contribution < -0.4 is 4.74 Å². The summed E-state index contributed by atoms with van der Waals surface area (Å²) in [5.41, 5.74) is 1.26. The van der Waals surface area contributed by atoms with Crippen molar-refractivity contribution in [1.82, 2.24) is 0 Å². The minimum atomic E-state index is 0.478. The summed E-state index contributed by atoms with van der Waals surface area (Å²) in [5, 5.41) is 2.41. The van der Waals surface area contributed by atoms with Crippen LogP contribution in [0.2, 0.25) is 0 Å². The number of carbonyl (C=O) groups excluding carboxylic acids is 1. The number of fused-ring (bicyclic) bond motifs is 1. The van der Waals surface area contributed by atoms with E-state index in [1.165, 1.54) is 16.3 Å². The molecule has 126 valence electrons. The number of ether oxygens (including phenoxy) is 2. The molecule has 0 saturated carbocycles. The molecule has 0 radical (unpaired) electrons. The minimum absolute atomic E-state index is 0.478. The molecule has 0 spiro atoms. The summed E-state index contributed by atoms with van der Waals surface area (Å²) in [6.07, 6.45) is 3.99. The fourth-order valence-corrected chi connectivity index (χ4v) is 2.26. The first-order valence-electron chi connectivity index (χ1n) is 8.54. The van der Waals surface area contributed by atoms with Crippen molar-refractivity contribution in [3.05, 3.63) is 42.0 Å². The molecule has 2 aromatic carbocycles. The van der Waals surface area contributed by atoms with Crippen molar-refractivity contribution in [2.75, 3.05) is 13.2 Å². The predicted molar refractivity (Wildman–Crippen MR) is 96.0 cm³/mol. The Labute approximate surface area is 139 Å². The molecule has 0 aromatic heterocycles. The Hall–Kier alpha value is -2.03.